The van der Waals surface area contributed by atoms with Crippen LogP contribution in [0.2, 0.25) is 0 Å². The largest absolute Gasteiger partial charge is 0.393 e. The van der Waals surface area contributed by atoms with E-state index in [2.05, 4.69) is 60.1 Å². The van der Waals surface area contributed by atoms with Crippen molar-refractivity contribution < 1.29 is 48.3 Å². The van der Waals surface area contributed by atoms with Crippen LogP contribution in [0.25, 0.3) is 0 Å². The van der Waals surface area contributed by atoms with Gasteiger partial charge in [-0.1, -0.05) is 122 Å². The Morgan fingerprint density at radius 1 is 0.635 bits per heavy atom. The molecule has 10 atom stereocenters. The molecule has 1 aliphatic carbocycles. The third-order valence-electron chi connectivity index (χ3n) is 16.6. The summed E-state index contributed by atoms with van der Waals surface area (Å²) in [6.45, 7) is 6.73. The Bertz CT molecular complexity index is 2230. The van der Waals surface area contributed by atoms with E-state index in [0.29, 0.717) is 18.5 Å². The average molecular weight is 1200 g/mol. The number of amides is 9. The Kier molecular flexibility index (Phi) is 33.0. The van der Waals surface area contributed by atoms with Gasteiger partial charge in [-0.05, 0) is 126 Å². The summed E-state index contributed by atoms with van der Waals surface area (Å²) in [6, 6.07) is -1.57. The van der Waals surface area contributed by atoms with Gasteiger partial charge in [-0.25, -0.2) is 0 Å². The highest BCUT2D eigenvalue weighted by Gasteiger charge is 2.40. The lowest BCUT2D eigenvalue weighted by Crippen LogP contribution is -2.61. The molecule has 24 nitrogen and oxygen atoms in total. The molecule has 24 heteroatoms. The smallest absolute Gasteiger partial charge is 0.243 e. The predicted octanol–water partition coefficient (Wildman–Crippen LogP) is 0.301. The fourth-order valence-electron chi connectivity index (χ4n) is 11.9. The second-order valence-corrected chi connectivity index (χ2v) is 24.4. The molecule has 2 heterocycles. The fraction of sp³-hybridized carbons (Fsp3) is 0.754. The fourth-order valence-corrected chi connectivity index (χ4v) is 11.9. The molecule has 1 saturated carbocycles. The van der Waals surface area contributed by atoms with Crippen molar-refractivity contribution in [2.45, 2.75) is 229 Å². The summed E-state index contributed by atoms with van der Waals surface area (Å²) in [5.74, 6) is -6.84. The number of hydrogen-bond donors (Lipinski definition) is 15. The van der Waals surface area contributed by atoms with Crippen molar-refractivity contribution in [3.05, 3.63) is 35.9 Å². The van der Waals surface area contributed by atoms with E-state index in [4.69, 9.17) is 22.9 Å². The molecule has 3 aliphatic rings. The first-order valence-corrected chi connectivity index (χ1v) is 31.8. The van der Waals surface area contributed by atoms with Gasteiger partial charge in [0.05, 0.1) is 12.5 Å². The number of rotatable bonds is 25. The van der Waals surface area contributed by atoms with Crippen LogP contribution in [-0.2, 0) is 49.6 Å². The van der Waals surface area contributed by atoms with Gasteiger partial charge in [0.2, 0.25) is 53.2 Å². The van der Waals surface area contributed by atoms with Crippen LogP contribution < -0.4 is 76.1 Å². The quantitative estimate of drug-likeness (QED) is 0.0586. The van der Waals surface area contributed by atoms with Crippen LogP contribution in [0.5, 0.6) is 0 Å². The van der Waals surface area contributed by atoms with Gasteiger partial charge in [0.15, 0.2) is 0 Å². The number of aliphatic hydroxyl groups excluding tert-OH is 1. The molecule has 0 aromatic heterocycles. The topological polar surface area (TPSA) is 398 Å². The number of hydrogen-bond acceptors (Lipinski definition) is 15. The van der Waals surface area contributed by atoms with E-state index < -0.39 is 108 Å². The maximum absolute atomic E-state index is 14.7. The number of carbonyl (C=O) groups is 9. The second kappa shape index (κ2) is 39.1. The van der Waals surface area contributed by atoms with E-state index >= 15 is 0 Å². The summed E-state index contributed by atoms with van der Waals surface area (Å²) < 4.78 is 0. The monoisotopic (exact) mass is 1190 g/mol. The molecule has 2 aliphatic heterocycles. The third kappa shape index (κ3) is 26.0. The number of nitrogens with two attached hydrogens (primary N) is 4. The first-order valence-electron chi connectivity index (χ1n) is 31.8. The van der Waals surface area contributed by atoms with Gasteiger partial charge in [-0.2, -0.15) is 0 Å². The molecule has 85 heavy (non-hydrogen) atoms. The van der Waals surface area contributed by atoms with Gasteiger partial charge in [-0.15, -0.1) is 0 Å². The Morgan fingerprint density at radius 2 is 1.16 bits per heavy atom. The Balaban J connectivity index is 1.77. The molecular formula is C61H106N14O10. The van der Waals surface area contributed by atoms with Gasteiger partial charge < -0.3 is 81.2 Å². The minimum absolute atomic E-state index is 0.00242. The van der Waals surface area contributed by atoms with Crippen molar-refractivity contribution in [2.24, 2.45) is 40.2 Å². The van der Waals surface area contributed by atoms with Gasteiger partial charge in [-0.3, -0.25) is 43.2 Å². The lowest BCUT2D eigenvalue weighted by atomic mass is 9.69. The van der Waals surface area contributed by atoms with Gasteiger partial charge in [0.1, 0.15) is 48.3 Å². The van der Waals surface area contributed by atoms with Crippen molar-refractivity contribution in [2.75, 3.05) is 45.8 Å². The summed E-state index contributed by atoms with van der Waals surface area (Å²) in [5.41, 5.74) is 24.7. The molecule has 1 aromatic carbocycles. The summed E-state index contributed by atoms with van der Waals surface area (Å²) in [5, 5.41) is 39.3. The molecule has 3 fully saturated rings. The highest BCUT2D eigenvalue weighted by molar-refractivity contribution is 5.98. The molecule has 9 amide bonds. The maximum Gasteiger partial charge on any atom is 0.243 e. The molecule has 0 bridgehead atoms. The first-order chi connectivity index (χ1) is 40.8. The van der Waals surface area contributed by atoms with Crippen LogP contribution in [0.3, 0.4) is 0 Å². The number of unbranched alkanes of at least 4 members (excludes halogenated alkanes) is 4. The van der Waals surface area contributed by atoms with Crippen LogP contribution in [0.15, 0.2) is 30.3 Å². The number of benzene rings is 1. The summed E-state index contributed by atoms with van der Waals surface area (Å²) in [7, 11) is 0. The molecule has 4 rings (SSSR count). The van der Waals surface area contributed by atoms with Crippen molar-refractivity contribution in [3.63, 3.8) is 0 Å². The number of piperidine rings is 1. The minimum atomic E-state index is -1.48. The molecule has 0 radical (unpaired) electrons. The minimum Gasteiger partial charge on any atom is -0.393 e. The number of nitrogens with one attached hydrogen (secondary N) is 10. The van der Waals surface area contributed by atoms with Crippen LogP contribution in [0.4, 0.5) is 0 Å². The van der Waals surface area contributed by atoms with Crippen LogP contribution >= 0.6 is 0 Å². The number of aliphatic hydroxyl groups is 1. The van der Waals surface area contributed by atoms with Crippen molar-refractivity contribution >= 4 is 53.2 Å². The zero-order valence-electron chi connectivity index (χ0n) is 51.1. The summed E-state index contributed by atoms with van der Waals surface area (Å²) >= 11 is 0. The molecule has 480 valence electrons. The van der Waals surface area contributed by atoms with E-state index in [1.807, 2.05) is 13.8 Å². The highest BCUT2D eigenvalue weighted by atomic mass is 16.3. The maximum atomic E-state index is 14.7. The summed E-state index contributed by atoms with van der Waals surface area (Å²) in [4.78, 5) is 129. The first kappa shape index (κ1) is 71.7. The Hall–Kier alpha value is -5.79. The normalized spacial score (nSPS) is 25.4. The van der Waals surface area contributed by atoms with E-state index in [9.17, 15) is 48.3 Å². The predicted molar refractivity (Wildman–Crippen MR) is 326 cm³/mol. The molecule has 19 N–H and O–H groups in total. The SMILES string of the molecule is CCCCCCC[C@@H](O)CC(=O)N[C@H](CCN)C(=O)N[C@H]1CCNC(=O)[C@H](CC2CNCC3(CCCCCCCC3)C2)NC(=O)[C@H](CCN)NC(=O)[C@H](CCN)NC(=O)[C@H](CC(C)C)NC(=O)[C@@H](Cc2ccccc2)NC(=O)[C@H](CCN)NC1=O. The van der Waals surface area contributed by atoms with E-state index in [-0.39, 0.29) is 108 Å². The van der Waals surface area contributed by atoms with E-state index in [1.54, 1.807) is 30.3 Å². The average Bonchev–Trinajstić information content (AvgIpc) is 3.68. The Labute approximate surface area is 504 Å². The van der Waals surface area contributed by atoms with Crippen molar-refractivity contribution in [1.29, 1.82) is 0 Å². The van der Waals surface area contributed by atoms with Crippen LogP contribution in [0, 0.1) is 17.3 Å². The van der Waals surface area contributed by atoms with Crippen LogP contribution in [0.1, 0.15) is 174 Å². The molecule has 1 aromatic rings. The van der Waals surface area contributed by atoms with Crippen molar-refractivity contribution in [3.8, 4) is 0 Å². The van der Waals surface area contributed by atoms with Gasteiger partial charge in [0.25, 0.3) is 0 Å². The third-order valence-corrected chi connectivity index (χ3v) is 16.6. The molecule has 2 saturated heterocycles. The zero-order valence-corrected chi connectivity index (χ0v) is 51.1. The second-order valence-electron chi connectivity index (χ2n) is 24.4. The number of carbonyl (C=O) groups excluding carboxylic acids is 9. The summed E-state index contributed by atoms with van der Waals surface area (Å²) in [6.07, 6.45) is 13.4. The standard InChI is InChI=1S/C61H106N14O10/c1-4-5-6-9-15-20-43(76)36-52(77)68-44(21-28-62)54(79)72-48-25-32-67-53(78)50(35-42-37-61(39-66-38-42)26-16-10-7-8-11-17-27-61)74-56(81)46(23-30-64)69-55(80)45(22-29-63)71-59(84)49(33-40(2)3)73-60(85)51(34-41-18-13-12-14-19-41)75-57(82)47(24-31-65)70-58(48)83/h12-14,18-19,40,42-51,66,76H,4-11,15-17,20-39,62-65H2,1-3H3,(H,67,78)(H,68,77)(H,69,80)(H,70,83)(H,71,84)(H,72,79)(H,73,85)(H,74,81)(H,75,82)/t42?,43-,44-,45+,46+,47+,48+,49+,50+,51-/m1/s1. The van der Waals surface area contributed by atoms with Gasteiger partial charge in [0, 0.05) is 19.5 Å². The molecule has 1 unspecified atom stereocenters. The lowest BCUT2D eigenvalue weighted by molar-refractivity contribution is -0.136. The molecule has 1 spiro atoms. The van der Waals surface area contributed by atoms with Crippen LogP contribution in [-0.4, -0.2) is 159 Å². The van der Waals surface area contributed by atoms with Crippen molar-refractivity contribution in [1.82, 2.24) is 53.2 Å². The lowest BCUT2D eigenvalue weighted by Gasteiger charge is -2.43. The van der Waals surface area contributed by atoms with E-state index in [0.717, 1.165) is 83.6 Å². The molecular weight excluding hydrogens is 1090 g/mol. The van der Waals surface area contributed by atoms with E-state index in [1.165, 1.54) is 12.8 Å². The highest BCUT2D eigenvalue weighted by Crippen LogP contribution is 2.42. The zero-order chi connectivity index (χ0) is 62.2. The Morgan fingerprint density at radius 3 is 1.74 bits per heavy atom. The van der Waals surface area contributed by atoms with Gasteiger partial charge >= 0.3 is 0 Å².